The quantitative estimate of drug-likeness (QED) is 0.518. The van der Waals surface area contributed by atoms with Crippen molar-refractivity contribution >= 4 is 11.7 Å². The van der Waals surface area contributed by atoms with Gasteiger partial charge in [-0.3, -0.25) is 14.2 Å². The lowest BCUT2D eigenvalue weighted by atomic mass is 10.2. The Morgan fingerprint density at radius 2 is 1.69 bits per heavy atom. The Kier molecular flexibility index (Phi) is 5.07. The van der Waals surface area contributed by atoms with Gasteiger partial charge in [-0.2, -0.15) is 23.4 Å². The molecule has 2 heterocycles. The van der Waals surface area contributed by atoms with Gasteiger partial charge in [0.05, 0.1) is 12.1 Å². The van der Waals surface area contributed by atoms with E-state index in [9.17, 15) is 35.5 Å². The molecule has 1 amide bonds. The number of anilines is 1. The molecule has 3 rings (SSSR count). The van der Waals surface area contributed by atoms with Crippen LogP contribution >= 0.6 is 0 Å². The van der Waals surface area contributed by atoms with Crippen molar-refractivity contribution in [3.63, 3.8) is 0 Å². The molecule has 0 aliphatic rings. The number of nitrogens with zero attached hydrogens (tertiary/aromatic N) is 4. The first kappa shape index (κ1) is 20.4. The summed E-state index contributed by atoms with van der Waals surface area (Å²) in [6, 6.07) is 1.77. The lowest BCUT2D eigenvalue weighted by molar-refractivity contribution is -0.141. The van der Waals surface area contributed by atoms with E-state index in [-0.39, 0.29) is 11.9 Å². The number of aromatic nitrogens is 4. The standard InChI is InChI=1S/C16H10F7N5O/c1-27-10(5-11(25-27)16(21,22)23)15(29)24-12-2-3-28(26-12)6-7-13(19)8(17)4-9(18)14(7)20/h2-5H,6H2,1H3,(H,24,26,29). The lowest BCUT2D eigenvalue weighted by Gasteiger charge is -2.07. The summed E-state index contributed by atoms with van der Waals surface area (Å²) in [5.41, 5.74) is -2.61. The van der Waals surface area contributed by atoms with Crippen molar-refractivity contribution in [1.29, 1.82) is 0 Å². The summed E-state index contributed by atoms with van der Waals surface area (Å²) in [4.78, 5) is 12.1. The summed E-state index contributed by atoms with van der Waals surface area (Å²) >= 11 is 0. The number of carbonyl (C=O) groups excluding carboxylic acids is 1. The Labute approximate surface area is 157 Å². The van der Waals surface area contributed by atoms with Gasteiger partial charge in [0.2, 0.25) is 0 Å². The largest absolute Gasteiger partial charge is 0.435 e. The number of rotatable bonds is 4. The van der Waals surface area contributed by atoms with E-state index in [1.54, 1.807) is 0 Å². The van der Waals surface area contributed by atoms with Gasteiger partial charge in [-0.05, 0) is 0 Å². The number of aryl methyl sites for hydroxylation is 1. The van der Waals surface area contributed by atoms with Gasteiger partial charge in [0.1, 0.15) is 5.69 Å². The number of hydrogen-bond acceptors (Lipinski definition) is 3. The Hall–Kier alpha value is -3.38. The molecule has 0 atom stereocenters. The van der Waals surface area contributed by atoms with Gasteiger partial charge >= 0.3 is 6.18 Å². The van der Waals surface area contributed by atoms with Crippen LogP contribution in [-0.2, 0) is 19.8 Å². The third kappa shape index (κ3) is 4.07. The zero-order valence-corrected chi connectivity index (χ0v) is 14.4. The minimum atomic E-state index is -4.74. The molecule has 0 fully saturated rings. The second-order valence-electron chi connectivity index (χ2n) is 5.84. The Morgan fingerprint density at radius 1 is 1.07 bits per heavy atom. The van der Waals surface area contributed by atoms with Gasteiger partial charge in [-0.1, -0.05) is 0 Å². The summed E-state index contributed by atoms with van der Waals surface area (Å²) < 4.78 is 93.5. The number of benzene rings is 1. The first-order valence-electron chi connectivity index (χ1n) is 7.75. The Morgan fingerprint density at radius 3 is 2.24 bits per heavy atom. The average Bonchev–Trinajstić information content (AvgIpc) is 3.23. The molecule has 13 heteroatoms. The number of carbonyl (C=O) groups is 1. The fourth-order valence-corrected chi connectivity index (χ4v) is 2.44. The van der Waals surface area contributed by atoms with Crippen LogP contribution < -0.4 is 5.32 Å². The summed E-state index contributed by atoms with van der Waals surface area (Å²) in [6.07, 6.45) is -3.60. The molecule has 0 aliphatic carbocycles. The van der Waals surface area contributed by atoms with Crippen LogP contribution in [0.4, 0.5) is 36.6 Å². The lowest BCUT2D eigenvalue weighted by Crippen LogP contribution is -2.16. The molecule has 3 aromatic rings. The van der Waals surface area contributed by atoms with Crippen LogP contribution in [0.5, 0.6) is 0 Å². The van der Waals surface area contributed by atoms with E-state index < -0.39 is 58.8 Å². The maximum atomic E-state index is 13.7. The highest BCUT2D eigenvalue weighted by atomic mass is 19.4. The van der Waals surface area contributed by atoms with Crippen molar-refractivity contribution in [1.82, 2.24) is 19.6 Å². The van der Waals surface area contributed by atoms with E-state index >= 15 is 0 Å². The van der Waals surface area contributed by atoms with Crippen LogP contribution in [0.15, 0.2) is 24.4 Å². The molecule has 1 aromatic carbocycles. The molecule has 0 saturated carbocycles. The van der Waals surface area contributed by atoms with Crippen LogP contribution in [0, 0.1) is 23.3 Å². The van der Waals surface area contributed by atoms with Gasteiger partial charge in [0, 0.05) is 31.4 Å². The predicted octanol–water partition coefficient (Wildman–Crippen LogP) is 3.49. The molecular weight excluding hydrogens is 411 g/mol. The molecule has 0 spiro atoms. The van der Waals surface area contributed by atoms with Gasteiger partial charge in [-0.15, -0.1) is 0 Å². The summed E-state index contributed by atoms with van der Waals surface area (Å²) in [6.45, 7) is -0.702. The molecule has 0 bridgehead atoms. The van der Waals surface area contributed by atoms with E-state index in [0.717, 1.165) is 22.6 Å². The minimum absolute atomic E-state index is 0.0615. The van der Waals surface area contributed by atoms with E-state index in [1.807, 2.05) is 0 Å². The Balaban J connectivity index is 1.78. The van der Waals surface area contributed by atoms with E-state index in [0.29, 0.717) is 6.07 Å². The van der Waals surface area contributed by atoms with Crippen molar-refractivity contribution in [3.8, 4) is 0 Å². The van der Waals surface area contributed by atoms with Crippen LogP contribution in [0.2, 0.25) is 0 Å². The van der Waals surface area contributed by atoms with Gasteiger partial charge in [-0.25, -0.2) is 17.6 Å². The number of amides is 1. The van der Waals surface area contributed by atoms with Crippen LogP contribution in [-0.4, -0.2) is 25.5 Å². The summed E-state index contributed by atoms with van der Waals surface area (Å²) in [5.74, 6) is -7.52. The number of nitrogens with one attached hydrogen (secondary N) is 1. The zero-order chi connectivity index (χ0) is 21.5. The van der Waals surface area contributed by atoms with E-state index in [2.05, 4.69) is 15.5 Å². The van der Waals surface area contributed by atoms with Crippen molar-refractivity contribution < 1.29 is 35.5 Å². The summed E-state index contributed by atoms with van der Waals surface area (Å²) in [7, 11) is 1.13. The summed E-state index contributed by atoms with van der Waals surface area (Å²) in [5, 5.41) is 9.13. The van der Waals surface area contributed by atoms with Gasteiger partial charge in [0.25, 0.3) is 5.91 Å². The molecule has 29 heavy (non-hydrogen) atoms. The maximum absolute atomic E-state index is 13.7. The van der Waals surface area contributed by atoms with Crippen molar-refractivity contribution in [2.24, 2.45) is 7.05 Å². The van der Waals surface area contributed by atoms with Crippen LogP contribution in [0.25, 0.3) is 0 Å². The average molecular weight is 421 g/mol. The van der Waals surface area contributed by atoms with E-state index in [1.165, 1.54) is 6.07 Å². The zero-order valence-electron chi connectivity index (χ0n) is 14.4. The highest BCUT2D eigenvalue weighted by Gasteiger charge is 2.35. The fraction of sp³-hybridized carbons (Fsp3) is 0.188. The van der Waals surface area contributed by atoms with Crippen molar-refractivity contribution in [2.45, 2.75) is 12.7 Å². The molecule has 6 nitrogen and oxygen atoms in total. The molecule has 2 aromatic heterocycles. The topological polar surface area (TPSA) is 64.7 Å². The maximum Gasteiger partial charge on any atom is 0.435 e. The predicted molar refractivity (Wildman–Crippen MR) is 83.8 cm³/mol. The molecule has 0 saturated heterocycles. The second kappa shape index (κ2) is 7.22. The highest BCUT2D eigenvalue weighted by Crippen LogP contribution is 2.28. The third-order valence-corrected chi connectivity index (χ3v) is 3.81. The van der Waals surface area contributed by atoms with Crippen molar-refractivity contribution in [2.75, 3.05) is 5.32 Å². The Bertz CT molecular complexity index is 1060. The molecule has 154 valence electrons. The normalized spacial score (nSPS) is 11.7. The monoisotopic (exact) mass is 421 g/mol. The molecular formula is C16H10F7N5O. The number of halogens is 7. The molecule has 0 radical (unpaired) electrons. The van der Waals surface area contributed by atoms with Gasteiger partial charge < -0.3 is 5.32 Å². The fourth-order valence-electron chi connectivity index (χ4n) is 2.44. The van der Waals surface area contributed by atoms with Crippen LogP contribution in [0.1, 0.15) is 21.7 Å². The van der Waals surface area contributed by atoms with Gasteiger partial charge in [0.15, 0.2) is 34.8 Å². The number of alkyl halides is 3. The molecule has 0 aliphatic heterocycles. The third-order valence-electron chi connectivity index (χ3n) is 3.81. The van der Waals surface area contributed by atoms with E-state index in [4.69, 9.17) is 0 Å². The minimum Gasteiger partial charge on any atom is -0.304 e. The smallest absolute Gasteiger partial charge is 0.304 e. The van der Waals surface area contributed by atoms with Crippen LogP contribution in [0.3, 0.4) is 0 Å². The first-order chi connectivity index (χ1) is 13.5. The number of hydrogen-bond donors (Lipinski definition) is 1. The first-order valence-corrected chi connectivity index (χ1v) is 7.75. The molecule has 0 unspecified atom stereocenters. The molecule has 1 N–H and O–H groups in total. The SMILES string of the molecule is Cn1nc(C(F)(F)F)cc1C(=O)Nc1ccn(Cc2c(F)c(F)cc(F)c2F)n1. The second-order valence-corrected chi connectivity index (χ2v) is 5.84. The van der Waals surface area contributed by atoms with Crippen molar-refractivity contribution in [3.05, 3.63) is 64.6 Å². The highest BCUT2D eigenvalue weighted by molar-refractivity contribution is 6.02.